The molecular formula is C28H30BrN3O4S. The summed E-state index contributed by atoms with van der Waals surface area (Å²) < 4.78 is 28.1. The smallest absolute Gasteiger partial charge is 0.253 e. The van der Waals surface area contributed by atoms with E-state index in [-0.39, 0.29) is 23.5 Å². The third-order valence-electron chi connectivity index (χ3n) is 6.45. The highest BCUT2D eigenvalue weighted by Crippen LogP contribution is 2.24. The van der Waals surface area contributed by atoms with Crippen LogP contribution in [0.1, 0.15) is 34.3 Å². The zero-order chi connectivity index (χ0) is 26.3. The van der Waals surface area contributed by atoms with Crippen molar-refractivity contribution >= 4 is 43.5 Å². The topological polar surface area (TPSA) is 95.6 Å². The van der Waals surface area contributed by atoms with Crippen LogP contribution in [0, 0.1) is 5.92 Å². The Kier molecular flexibility index (Phi) is 9.13. The fraction of sp³-hybridized carbons (Fsp3) is 0.286. The summed E-state index contributed by atoms with van der Waals surface area (Å²) in [5.74, 6) is -0.840. The van der Waals surface area contributed by atoms with E-state index in [0.29, 0.717) is 50.1 Å². The van der Waals surface area contributed by atoms with E-state index in [1.807, 2.05) is 42.5 Å². The minimum Gasteiger partial charge on any atom is -0.352 e. The van der Waals surface area contributed by atoms with E-state index in [4.69, 9.17) is 0 Å². The minimum absolute atomic E-state index is 0.0656. The van der Waals surface area contributed by atoms with Crippen molar-refractivity contribution in [2.45, 2.75) is 25.0 Å². The van der Waals surface area contributed by atoms with Gasteiger partial charge in [-0.1, -0.05) is 70.5 Å². The van der Waals surface area contributed by atoms with Crippen molar-refractivity contribution in [3.8, 4) is 0 Å². The van der Waals surface area contributed by atoms with Crippen LogP contribution in [0.2, 0.25) is 0 Å². The van der Waals surface area contributed by atoms with Crippen LogP contribution in [-0.2, 0) is 27.0 Å². The van der Waals surface area contributed by atoms with E-state index in [9.17, 15) is 18.0 Å². The summed E-state index contributed by atoms with van der Waals surface area (Å²) in [4.78, 5) is 25.8. The Hall–Kier alpha value is -3.01. The Labute approximate surface area is 226 Å². The molecule has 1 fully saturated rings. The van der Waals surface area contributed by atoms with Gasteiger partial charge in [0.1, 0.15) is 0 Å². The number of carbonyl (C=O) groups is 2. The van der Waals surface area contributed by atoms with Gasteiger partial charge in [-0.25, -0.2) is 12.7 Å². The number of nitrogens with one attached hydrogen (secondary N) is 2. The molecule has 2 N–H and O–H groups in total. The van der Waals surface area contributed by atoms with Gasteiger partial charge < -0.3 is 10.6 Å². The summed E-state index contributed by atoms with van der Waals surface area (Å²) in [5, 5.41) is 5.82. The number of hydrogen-bond acceptors (Lipinski definition) is 4. The zero-order valence-electron chi connectivity index (χ0n) is 20.4. The summed E-state index contributed by atoms with van der Waals surface area (Å²) in [7, 11) is -3.47. The number of hydrogen-bond donors (Lipinski definition) is 2. The van der Waals surface area contributed by atoms with Gasteiger partial charge in [0, 0.05) is 30.0 Å². The molecule has 1 saturated heterocycles. The van der Waals surface area contributed by atoms with Crippen molar-refractivity contribution in [2.75, 3.05) is 25.0 Å². The lowest BCUT2D eigenvalue weighted by molar-refractivity contribution is -0.120. The summed E-state index contributed by atoms with van der Waals surface area (Å²) >= 11 is 3.36. The lowest BCUT2D eigenvalue weighted by atomic mass is 9.97. The van der Waals surface area contributed by atoms with Crippen molar-refractivity contribution in [1.82, 2.24) is 9.62 Å². The van der Waals surface area contributed by atoms with E-state index in [1.54, 1.807) is 36.4 Å². The van der Waals surface area contributed by atoms with Crippen molar-refractivity contribution in [2.24, 2.45) is 5.92 Å². The second kappa shape index (κ2) is 12.5. The molecule has 0 radical (unpaired) electrons. The molecule has 0 aliphatic carbocycles. The highest BCUT2D eigenvalue weighted by atomic mass is 79.9. The summed E-state index contributed by atoms with van der Waals surface area (Å²) in [6.07, 6.45) is 1.57. The van der Waals surface area contributed by atoms with Crippen LogP contribution in [0.4, 0.5) is 5.69 Å². The van der Waals surface area contributed by atoms with Crippen molar-refractivity contribution in [3.05, 3.63) is 100 Å². The molecule has 0 aromatic heterocycles. The van der Waals surface area contributed by atoms with Crippen LogP contribution in [0.25, 0.3) is 0 Å². The monoisotopic (exact) mass is 583 g/mol. The number of piperidine rings is 1. The normalized spacial score (nSPS) is 14.7. The number of para-hydroxylation sites is 1. The molecule has 9 heteroatoms. The highest BCUT2D eigenvalue weighted by molar-refractivity contribution is 9.10. The maximum atomic E-state index is 13.0. The molecule has 4 rings (SSSR count). The molecule has 1 heterocycles. The van der Waals surface area contributed by atoms with Crippen LogP contribution < -0.4 is 10.6 Å². The second-order valence-electron chi connectivity index (χ2n) is 9.08. The van der Waals surface area contributed by atoms with Gasteiger partial charge in [-0.05, 0) is 54.7 Å². The maximum Gasteiger partial charge on any atom is 0.253 e. The Morgan fingerprint density at radius 2 is 1.51 bits per heavy atom. The summed E-state index contributed by atoms with van der Waals surface area (Å²) in [5.41, 5.74) is 2.71. The molecule has 1 aliphatic heterocycles. The standard InChI is InChI=1S/C28H30BrN3O4S/c29-24-12-10-22(11-13-24)20-37(35,36)32-18-15-23(16-19-32)27(33)31-26-9-5-4-8-25(26)28(34)30-17-14-21-6-2-1-3-7-21/h1-13,23H,14-20H2,(H,30,34)(H,31,33). The number of rotatable bonds is 9. The molecule has 0 saturated carbocycles. The van der Waals surface area contributed by atoms with Crippen molar-refractivity contribution in [3.63, 3.8) is 0 Å². The van der Waals surface area contributed by atoms with E-state index in [1.165, 1.54) is 4.31 Å². The molecule has 2 amide bonds. The Morgan fingerprint density at radius 1 is 0.865 bits per heavy atom. The minimum atomic E-state index is -3.47. The molecule has 0 atom stereocenters. The Morgan fingerprint density at radius 3 is 2.22 bits per heavy atom. The summed E-state index contributed by atoms with van der Waals surface area (Å²) in [6.45, 7) is 1.06. The number of sulfonamides is 1. The van der Waals surface area contributed by atoms with Crippen LogP contribution in [0.5, 0.6) is 0 Å². The first-order chi connectivity index (χ1) is 17.8. The third-order valence-corrected chi connectivity index (χ3v) is 8.83. The number of nitrogens with zero attached hydrogens (tertiary/aromatic N) is 1. The average Bonchev–Trinajstić information content (AvgIpc) is 2.91. The van der Waals surface area contributed by atoms with E-state index < -0.39 is 10.0 Å². The van der Waals surface area contributed by atoms with Gasteiger partial charge >= 0.3 is 0 Å². The van der Waals surface area contributed by atoms with Crippen LogP contribution in [-0.4, -0.2) is 44.2 Å². The molecular weight excluding hydrogens is 554 g/mol. The first-order valence-corrected chi connectivity index (χ1v) is 14.7. The number of anilines is 1. The van der Waals surface area contributed by atoms with E-state index >= 15 is 0 Å². The lowest BCUT2D eigenvalue weighted by Crippen LogP contribution is -2.42. The van der Waals surface area contributed by atoms with Crippen LogP contribution in [0.3, 0.4) is 0 Å². The number of amides is 2. The molecule has 7 nitrogen and oxygen atoms in total. The van der Waals surface area contributed by atoms with E-state index in [0.717, 1.165) is 15.6 Å². The van der Waals surface area contributed by atoms with Crippen LogP contribution >= 0.6 is 15.9 Å². The predicted octanol–water partition coefficient (Wildman–Crippen LogP) is 4.60. The molecule has 0 unspecified atom stereocenters. The second-order valence-corrected chi connectivity index (χ2v) is 12.0. The SMILES string of the molecule is O=C(NCCc1ccccc1)c1ccccc1NC(=O)C1CCN(S(=O)(=O)Cc2ccc(Br)cc2)CC1. The van der Waals surface area contributed by atoms with Crippen LogP contribution in [0.15, 0.2) is 83.3 Å². The quantitative estimate of drug-likeness (QED) is 0.385. The number of carbonyl (C=O) groups excluding carboxylic acids is 2. The first kappa shape index (κ1) is 27.0. The molecule has 0 spiro atoms. The van der Waals surface area contributed by atoms with Gasteiger partial charge in [0.2, 0.25) is 15.9 Å². The molecule has 37 heavy (non-hydrogen) atoms. The predicted molar refractivity (Wildman–Crippen MR) is 149 cm³/mol. The molecule has 0 bridgehead atoms. The Bertz CT molecular complexity index is 1320. The van der Waals surface area contributed by atoms with Gasteiger partial charge in [0.15, 0.2) is 0 Å². The lowest BCUT2D eigenvalue weighted by Gasteiger charge is -2.30. The zero-order valence-corrected chi connectivity index (χ0v) is 22.8. The van der Waals surface area contributed by atoms with Gasteiger partial charge in [-0.15, -0.1) is 0 Å². The van der Waals surface area contributed by atoms with Gasteiger partial charge in [-0.2, -0.15) is 0 Å². The molecule has 3 aromatic rings. The van der Waals surface area contributed by atoms with Gasteiger partial charge in [0.05, 0.1) is 17.0 Å². The fourth-order valence-electron chi connectivity index (χ4n) is 4.36. The van der Waals surface area contributed by atoms with Gasteiger partial charge in [-0.3, -0.25) is 9.59 Å². The van der Waals surface area contributed by atoms with Crippen molar-refractivity contribution in [1.29, 1.82) is 0 Å². The number of halogens is 1. The summed E-state index contributed by atoms with van der Waals surface area (Å²) in [6, 6.07) is 24.1. The van der Waals surface area contributed by atoms with Crippen molar-refractivity contribution < 1.29 is 18.0 Å². The highest BCUT2D eigenvalue weighted by Gasteiger charge is 2.31. The molecule has 1 aliphatic rings. The molecule has 3 aromatic carbocycles. The first-order valence-electron chi connectivity index (χ1n) is 12.3. The average molecular weight is 585 g/mol. The fourth-order valence-corrected chi connectivity index (χ4v) is 6.19. The van der Waals surface area contributed by atoms with Gasteiger partial charge in [0.25, 0.3) is 5.91 Å². The Balaban J connectivity index is 1.30. The molecule has 194 valence electrons. The maximum absolute atomic E-state index is 13.0. The van der Waals surface area contributed by atoms with E-state index in [2.05, 4.69) is 26.6 Å². The number of benzene rings is 3. The third kappa shape index (κ3) is 7.50. The largest absolute Gasteiger partial charge is 0.352 e.